The first kappa shape index (κ1) is 15.0. The first-order valence-corrected chi connectivity index (χ1v) is 6.99. The molecule has 3 nitrogen and oxygen atoms in total. The van der Waals surface area contributed by atoms with Crippen LogP contribution in [-0.4, -0.2) is 17.6 Å². The Labute approximate surface area is 123 Å². The van der Waals surface area contributed by atoms with E-state index in [0.717, 1.165) is 24.6 Å². The van der Waals surface area contributed by atoms with E-state index >= 15 is 0 Å². The maximum Gasteiger partial charge on any atom is 0.335 e. The summed E-state index contributed by atoms with van der Waals surface area (Å²) in [6.07, 6.45) is 1.92. The van der Waals surface area contributed by atoms with Crippen molar-refractivity contribution in [2.45, 2.75) is 19.8 Å². The number of hydrogen-bond donors (Lipinski definition) is 1. The zero-order valence-electron chi connectivity index (χ0n) is 11.9. The normalized spacial score (nSPS) is 10.4. The molecule has 0 saturated carbocycles. The topological polar surface area (TPSA) is 40.5 Å². The number of rotatable bonds is 6. The van der Waals surface area contributed by atoms with Crippen LogP contribution in [0.2, 0.25) is 0 Å². The van der Waals surface area contributed by atoms with Crippen molar-refractivity contribution in [1.82, 2.24) is 0 Å². The summed E-state index contributed by atoms with van der Waals surface area (Å²) >= 11 is 0. The standard InChI is InChI=1S/C17H18FNO2/c1-2-3-11-19(14-7-5-4-6-8-14)16-10-9-13(17(20)21)12-15(16)18/h4-10,12H,2-3,11H2,1H3,(H,20,21). The van der Waals surface area contributed by atoms with Gasteiger partial charge in [-0.15, -0.1) is 0 Å². The van der Waals surface area contributed by atoms with Crippen molar-refractivity contribution in [2.24, 2.45) is 0 Å². The van der Waals surface area contributed by atoms with E-state index in [-0.39, 0.29) is 5.56 Å². The summed E-state index contributed by atoms with van der Waals surface area (Å²) in [7, 11) is 0. The summed E-state index contributed by atoms with van der Waals surface area (Å²) in [6, 6.07) is 13.6. The van der Waals surface area contributed by atoms with Gasteiger partial charge in [0.15, 0.2) is 0 Å². The lowest BCUT2D eigenvalue weighted by molar-refractivity contribution is 0.0696. The van der Waals surface area contributed by atoms with Gasteiger partial charge in [0.25, 0.3) is 0 Å². The monoisotopic (exact) mass is 287 g/mol. The van der Waals surface area contributed by atoms with Crippen molar-refractivity contribution < 1.29 is 14.3 Å². The number of nitrogens with zero attached hydrogens (tertiary/aromatic N) is 1. The Morgan fingerprint density at radius 2 is 1.90 bits per heavy atom. The number of benzene rings is 2. The number of carbonyl (C=O) groups is 1. The zero-order chi connectivity index (χ0) is 15.2. The Kier molecular flexibility index (Phi) is 4.93. The first-order chi connectivity index (χ1) is 10.1. The predicted molar refractivity (Wildman–Crippen MR) is 81.7 cm³/mol. The van der Waals surface area contributed by atoms with E-state index < -0.39 is 11.8 Å². The number of unbranched alkanes of at least 4 members (excludes halogenated alkanes) is 1. The maximum absolute atomic E-state index is 14.3. The highest BCUT2D eigenvalue weighted by molar-refractivity contribution is 5.88. The molecule has 0 unspecified atom stereocenters. The molecule has 0 heterocycles. The van der Waals surface area contributed by atoms with E-state index in [2.05, 4.69) is 6.92 Å². The summed E-state index contributed by atoms with van der Waals surface area (Å²) in [4.78, 5) is 12.8. The van der Waals surface area contributed by atoms with Crippen LogP contribution in [0.5, 0.6) is 0 Å². The van der Waals surface area contributed by atoms with Gasteiger partial charge < -0.3 is 10.0 Å². The Bertz CT molecular complexity index is 613. The Balaban J connectivity index is 2.39. The molecule has 21 heavy (non-hydrogen) atoms. The number of anilines is 2. The lowest BCUT2D eigenvalue weighted by Gasteiger charge is -2.25. The second-order valence-electron chi connectivity index (χ2n) is 4.81. The van der Waals surface area contributed by atoms with Crippen molar-refractivity contribution >= 4 is 17.3 Å². The van der Waals surface area contributed by atoms with Crippen LogP contribution in [0.1, 0.15) is 30.1 Å². The second kappa shape index (κ2) is 6.88. The third kappa shape index (κ3) is 3.60. The molecule has 0 amide bonds. The molecule has 0 atom stereocenters. The summed E-state index contributed by atoms with van der Waals surface area (Å²) < 4.78 is 14.3. The van der Waals surface area contributed by atoms with Gasteiger partial charge in [-0.1, -0.05) is 31.5 Å². The summed E-state index contributed by atoms with van der Waals surface area (Å²) in [5, 5.41) is 8.92. The third-order valence-electron chi connectivity index (χ3n) is 3.29. The van der Waals surface area contributed by atoms with Gasteiger partial charge in [-0.3, -0.25) is 0 Å². The number of halogens is 1. The van der Waals surface area contributed by atoms with E-state index in [9.17, 15) is 9.18 Å². The molecule has 0 aromatic heterocycles. The van der Waals surface area contributed by atoms with Gasteiger partial charge in [0, 0.05) is 12.2 Å². The molecule has 110 valence electrons. The number of carboxylic acids is 1. The number of para-hydroxylation sites is 1. The van der Waals surface area contributed by atoms with Crippen LogP contribution in [0.3, 0.4) is 0 Å². The summed E-state index contributed by atoms with van der Waals surface area (Å²) in [6.45, 7) is 2.76. The molecular weight excluding hydrogens is 269 g/mol. The zero-order valence-corrected chi connectivity index (χ0v) is 11.9. The molecule has 0 saturated heterocycles. The highest BCUT2D eigenvalue weighted by Crippen LogP contribution is 2.28. The van der Waals surface area contributed by atoms with Crippen molar-refractivity contribution in [3.05, 3.63) is 59.9 Å². The molecule has 0 aliphatic rings. The fraction of sp³-hybridized carbons (Fsp3) is 0.235. The lowest BCUT2D eigenvalue weighted by Crippen LogP contribution is -2.19. The van der Waals surface area contributed by atoms with Crippen molar-refractivity contribution in [3.8, 4) is 0 Å². The lowest BCUT2D eigenvalue weighted by atomic mass is 10.1. The van der Waals surface area contributed by atoms with Crippen molar-refractivity contribution in [3.63, 3.8) is 0 Å². The molecular formula is C17H18FNO2. The largest absolute Gasteiger partial charge is 0.478 e. The first-order valence-electron chi connectivity index (χ1n) is 6.99. The second-order valence-corrected chi connectivity index (χ2v) is 4.81. The molecule has 0 bridgehead atoms. The number of aromatic carboxylic acids is 1. The Morgan fingerprint density at radius 3 is 2.48 bits per heavy atom. The molecule has 1 N–H and O–H groups in total. The highest BCUT2D eigenvalue weighted by atomic mass is 19.1. The average Bonchev–Trinajstić information content (AvgIpc) is 2.50. The number of hydrogen-bond acceptors (Lipinski definition) is 2. The minimum absolute atomic E-state index is 0.0419. The van der Waals surface area contributed by atoms with Crippen LogP contribution in [0.25, 0.3) is 0 Å². The van der Waals surface area contributed by atoms with Crippen LogP contribution in [-0.2, 0) is 0 Å². The van der Waals surface area contributed by atoms with Gasteiger partial charge in [-0.05, 0) is 36.8 Å². The average molecular weight is 287 g/mol. The molecule has 0 aliphatic carbocycles. The van der Waals surface area contributed by atoms with Gasteiger partial charge in [-0.2, -0.15) is 0 Å². The fourth-order valence-corrected chi connectivity index (χ4v) is 2.17. The summed E-state index contributed by atoms with van der Waals surface area (Å²) in [5.74, 6) is -1.64. The number of carboxylic acid groups (broad SMARTS) is 1. The van der Waals surface area contributed by atoms with Gasteiger partial charge >= 0.3 is 5.97 Å². The quantitative estimate of drug-likeness (QED) is 0.852. The van der Waals surface area contributed by atoms with E-state index in [4.69, 9.17) is 5.11 Å². The van der Waals surface area contributed by atoms with Crippen LogP contribution < -0.4 is 4.90 Å². The van der Waals surface area contributed by atoms with E-state index in [1.165, 1.54) is 12.1 Å². The smallest absolute Gasteiger partial charge is 0.335 e. The Hall–Kier alpha value is -2.36. The van der Waals surface area contributed by atoms with Crippen LogP contribution >= 0.6 is 0 Å². The van der Waals surface area contributed by atoms with Crippen molar-refractivity contribution in [1.29, 1.82) is 0 Å². The molecule has 2 aromatic rings. The molecule has 0 fully saturated rings. The molecule has 0 radical (unpaired) electrons. The Morgan fingerprint density at radius 1 is 1.19 bits per heavy atom. The molecule has 0 aliphatic heterocycles. The predicted octanol–water partition coefficient (Wildman–Crippen LogP) is 4.46. The van der Waals surface area contributed by atoms with Crippen LogP contribution in [0.15, 0.2) is 48.5 Å². The molecule has 4 heteroatoms. The van der Waals surface area contributed by atoms with Gasteiger partial charge in [-0.25, -0.2) is 9.18 Å². The fourth-order valence-electron chi connectivity index (χ4n) is 2.17. The molecule has 2 rings (SSSR count). The van der Waals surface area contributed by atoms with Gasteiger partial charge in [0.05, 0.1) is 11.3 Å². The maximum atomic E-state index is 14.3. The van der Waals surface area contributed by atoms with E-state index in [1.807, 2.05) is 35.2 Å². The SMILES string of the molecule is CCCCN(c1ccccc1)c1ccc(C(=O)O)cc1F. The van der Waals surface area contributed by atoms with Crippen molar-refractivity contribution in [2.75, 3.05) is 11.4 Å². The van der Waals surface area contributed by atoms with Gasteiger partial charge in [0.2, 0.25) is 0 Å². The minimum Gasteiger partial charge on any atom is -0.478 e. The minimum atomic E-state index is -1.12. The van der Waals surface area contributed by atoms with E-state index in [1.54, 1.807) is 0 Å². The van der Waals surface area contributed by atoms with Gasteiger partial charge in [0.1, 0.15) is 5.82 Å². The van der Waals surface area contributed by atoms with Crippen LogP contribution in [0.4, 0.5) is 15.8 Å². The van der Waals surface area contributed by atoms with E-state index in [0.29, 0.717) is 12.2 Å². The van der Waals surface area contributed by atoms with Crippen LogP contribution in [0, 0.1) is 5.82 Å². The summed E-state index contributed by atoms with van der Waals surface area (Å²) in [5.41, 5.74) is 1.26. The highest BCUT2D eigenvalue weighted by Gasteiger charge is 2.15. The third-order valence-corrected chi connectivity index (χ3v) is 3.29. The molecule has 2 aromatic carbocycles. The molecule has 0 spiro atoms.